The summed E-state index contributed by atoms with van der Waals surface area (Å²) < 4.78 is 0. The van der Waals surface area contributed by atoms with Gasteiger partial charge in [-0.25, -0.2) is 0 Å². The van der Waals surface area contributed by atoms with Gasteiger partial charge >= 0.3 is 0 Å². The van der Waals surface area contributed by atoms with Crippen molar-refractivity contribution in [2.45, 2.75) is 84.0 Å². The molecule has 0 aromatic rings. The van der Waals surface area contributed by atoms with E-state index >= 15 is 0 Å². The highest BCUT2D eigenvalue weighted by molar-refractivity contribution is 5.08. The van der Waals surface area contributed by atoms with Crippen LogP contribution in [0.2, 0.25) is 0 Å². The third-order valence-corrected chi connectivity index (χ3v) is 3.76. The van der Waals surface area contributed by atoms with Gasteiger partial charge in [-0.2, -0.15) is 5.26 Å². The Balaban J connectivity index is 2.58. The molecular formula is C15H29N3. The maximum absolute atomic E-state index is 9.43. The molecule has 0 radical (unpaired) electrons. The van der Waals surface area contributed by atoms with Gasteiger partial charge < -0.3 is 0 Å². The van der Waals surface area contributed by atoms with Crippen molar-refractivity contribution < 1.29 is 0 Å². The number of nitriles is 1. The van der Waals surface area contributed by atoms with Crippen LogP contribution in [-0.4, -0.2) is 35.1 Å². The first kappa shape index (κ1) is 15.5. The van der Waals surface area contributed by atoms with E-state index in [1.807, 2.05) is 6.92 Å². The van der Waals surface area contributed by atoms with Gasteiger partial charge in [-0.3, -0.25) is 10.2 Å². The molecule has 1 aliphatic rings. The molecule has 2 unspecified atom stereocenters. The summed E-state index contributed by atoms with van der Waals surface area (Å²) in [6, 6.07) is 4.05. The highest BCUT2D eigenvalue weighted by Gasteiger charge is 2.35. The first-order valence-corrected chi connectivity index (χ1v) is 7.36. The van der Waals surface area contributed by atoms with E-state index in [1.165, 1.54) is 19.3 Å². The number of hydrogen-bond donors (Lipinski definition) is 1. The smallest absolute Gasteiger partial charge is 0.105 e. The second-order valence-corrected chi connectivity index (χ2v) is 6.25. The molecule has 0 aromatic carbocycles. The van der Waals surface area contributed by atoms with Crippen LogP contribution in [0.1, 0.15) is 60.3 Å². The van der Waals surface area contributed by atoms with Crippen LogP contribution in [-0.2, 0) is 0 Å². The lowest BCUT2D eigenvalue weighted by molar-refractivity contribution is 0.139. The van der Waals surface area contributed by atoms with Gasteiger partial charge in [-0.05, 0) is 59.9 Å². The van der Waals surface area contributed by atoms with Crippen LogP contribution >= 0.6 is 0 Å². The van der Waals surface area contributed by atoms with Crippen molar-refractivity contribution in [2.24, 2.45) is 0 Å². The van der Waals surface area contributed by atoms with E-state index in [9.17, 15) is 5.26 Å². The van der Waals surface area contributed by atoms with Crippen molar-refractivity contribution in [3.8, 4) is 6.07 Å². The topological polar surface area (TPSA) is 39.1 Å². The summed E-state index contributed by atoms with van der Waals surface area (Å²) in [5.74, 6) is 0. The molecule has 1 saturated carbocycles. The molecule has 0 bridgehead atoms. The number of nitrogens with one attached hydrogen (secondary N) is 1. The van der Waals surface area contributed by atoms with Gasteiger partial charge in [0.1, 0.15) is 5.54 Å². The van der Waals surface area contributed by atoms with Crippen molar-refractivity contribution >= 4 is 0 Å². The third-order valence-electron chi connectivity index (χ3n) is 3.76. The number of hydrogen-bond acceptors (Lipinski definition) is 3. The summed E-state index contributed by atoms with van der Waals surface area (Å²) in [5.41, 5.74) is -0.374. The minimum Gasteiger partial charge on any atom is -0.298 e. The summed E-state index contributed by atoms with van der Waals surface area (Å²) in [6.07, 6.45) is 4.53. The van der Waals surface area contributed by atoms with Gasteiger partial charge in [0.15, 0.2) is 0 Å². The van der Waals surface area contributed by atoms with E-state index < -0.39 is 0 Å². The molecule has 0 aromatic heterocycles. The predicted molar refractivity (Wildman–Crippen MR) is 76.4 cm³/mol. The second-order valence-electron chi connectivity index (χ2n) is 6.25. The Morgan fingerprint density at radius 3 is 2.39 bits per heavy atom. The van der Waals surface area contributed by atoms with E-state index in [0.29, 0.717) is 18.1 Å². The monoisotopic (exact) mass is 251 g/mol. The zero-order valence-electron chi connectivity index (χ0n) is 12.7. The molecule has 1 rings (SSSR count). The van der Waals surface area contributed by atoms with Crippen LogP contribution in [0.15, 0.2) is 0 Å². The molecule has 0 amide bonds. The second kappa shape index (κ2) is 6.54. The third kappa shape index (κ3) is 4.59. The standard InChI is InChI=1S/C15H29N3/c1-6-9-18(12(2)3)13(4)10-15(5,11-16)17-14-7-8-14/h12-14,17H,6-10H2,1-5H3. The van der Waals surface area contributed by atoms with E-state index in [0.717, 1.165) is 13.0 Å². The molecule has 2 atom stereocenters. The van der Waals surface area contributed by atoms with Gasteiger partial charge in [0.25, 0.3) is 0 Å². The normalized spacial score (nSPS) is 20.8. The minimum absolute atomic E-state index is 0.374. The van der Waals surface area contributed by atoms with E-state index in [-0.39, 0.29) is 5.54 Å². The van der Waals surface area contributed by atoms with Gasteiger partial charge in [-0.15, -0.1) is 0 Å². The van der Waals surface area contributed by atoms with Gasteiger partial charge in [0, 0.05) is 18.1 Å². The van der Waals surface area contributed by atoms with Crippen molar-refractivity contribution in [2.75, 3.05) is 6.54 Å². The maximum Gasteiger partial charge on any atom is 0.105 e. The molecule has 0 saturated heterocycles. The van der Waals surface area contributed by atoms with Crippen molar-refractivity contribution in [3.05, 3.63) is 0 Å². The molecule has 0 heterocycles. The number of rotatable bonds is 8. The summed E-state index contributed by atoms with van der Waals surface area (Å²) in [6.45, 7) is 12.1. The molecule has 18 heavy (non-hydrogen) atoms. The average Bonchev–Trinajstić information content (AvgIpc) is 3.08. The molecule has 104 valence electrons. The van der Waals surface area contributed by atoms with E-state index in [2.05, 4.69) is 44.0 Å². The molecule has 0 aliphatic heterocycles. The Hall–Kier alpha value is -0.590. The molecule has 3 heteroatoms. The fraction of sp³-hybridized carbons (Fsp3) is 0.933. The highest BCUT2D eigenvalue weighted by atomic mass is 15.2. The Morgan fingerprint density at radius 1 is 1.39 bits per heavy atom. The summed E-state index contributed by atoms with van der Waals surface area (Å²) in [5, 5.41) is 12.9. The van der Waals surface area contributed by atoms with Crippen LogP contribution in [0.3, 0.4) is 0 Å². The molecule has 1 aliphatic carbocycles. The SMILES string of the molecule is CCCN(C(C)C)C(C)CC(C)(C#N)NC1CC1. The molecular weight excluding hydrogens is 222 g/mol. The van der Waals surface area contributed by atoms with Crippen LogP contribution in [0.25, 0.3) is 0 Å². The Bertz CT molecular complexity index is 291. The van der Waals surface area contributed by atoms with Gasteiger partial charge in [-0.1, -0.05) is 6.92 Å². The summed E-state index contributed by atoms with van der Waals surface area (Å²) in [4.78, 5) is 2.50. The zero-order chi connectivity index (χ0) is 13.8. The maximum atomic E-state index is 9.43. The average molecular weight is 251 g/mol. The van der Waals surface area contributed by atoms with Crippen molar-refractivity contribution in [1.82, 2.24) is 10.2 Å². The molecule has 3 nitrogen and oxygen atoms in total. The van der Waals surface area contributed by atoms with E-state index in [4.69, 9.17) is 0 Å². The Labute approximate surface area is 113 Å². The van der Waals surface area contributed by atoms with Crippen molar-refractivity contribution in [3.63, 3.8) is 0 Å². The van der Waals surface area contributed by atoms with Crippen LogP contribution < -0.4 is 5.32 Å². The Morgan fingerprint density at radius 2 is 2.00 bits per heavy atom. The highest BCUT2D eigenvalue weighted by Crippen LogP contribution is 2.25. The van der Waals surface area contributed by atoms with Crippen LogP contribution in [0, 0.1) is 11.3 Å². The molecule has 0 spiro atoms. The van der Waals surface area contributed by atoms with Gasteiger partial charge in [0.2, 0.25) is 0 Å². The first-order valence-electron chi connectivity index (χ1n) is 7.36. The zero-order valence-corrected chi connectivity index (χ0v) is 12.7. The lowest BCUT2D eigenvalue weighted by atomic mass is 9.93. The lowest BCUT2D eigenvalue weighted by Gasteiger charge is -2.36. The van der Waals surface area contributed by atoms with E-state index in [1.54, 1.807) is 0 Å². The van der Waals surface area contributed by atoms with Gasteiger partial charge in [0.05, 0.1) is 6.07 Å². The van der Waals surface area contributed by atoms with Crippen LogP contribution in [0.5, 0.6) is 0 Å². The number of nitrogens with zero attached hydrogens (tertiary/aromatic N) is 2. The molecule has 1 fully saturated rings. The quantitative estimate of drug-likeness (QED) is 0.721. The fourth-order valence-electron chi connectivity index (χ4n) is 2.77. The first-order chi connectivity index (χ1) is 8.41. The predicted octanol–water partition coefficient (Wildman–Crippen LogP) is 2.92. The minimum atomic E-state index is -0.374. The van der Waals surface area contributed by atoms with Crippen molar-refractivity contribution in [1.29, 1.82) is 5.26 Å². The van der Waals surface area contributed by atoms with Crippen LogP contribution in [0.4, 0.5) is 0 Å². The summed E-state index contributed by atoms with van der Waals surface area (Å²) >= 11 is 0. The Kier molecular flexibility index (Phi) is 5.62. The molecule has 1 N–H and O–H groups in total. The fourth-order valence-corrected chi connectivity index (χ4v) is 2.77. The lowest BCUT2D eigenvalue weighted by Crippen LogP contribution is -2.49. The summed E-state index contributed by atoms with van der Waals surface area (Å²) in [7, 11) is 0. The largest absolute Gasteiger partial charge is 0.298 e.